The second-order valence-electron chi connectivity index (χ2n) is 14.4. The number of fused-ring (bicyclic) bond motifs is 4. The van der Waals surface area contributed by atoms with E-state index >= 15 is 0 Å². The van der Waals surface area contributed by atoms with Crippen LogP contribution in [0.2, 0.25) is 5.02 Å². The van der Waals surface area contributed by atoms with Gasteiger partial charge in [0.25, 0.3) is 0 Å². The zero-order valence-corrected chi connectivity index (χ0v) is 28.7. The molecule has 7 atom stereocenters. The van der Waals surface area contributed by atoms with Crippen LogP contribution in [0.4, 0.5) is 5.69 Å². The normalized spacial score (nSPS) is 34.4. The second-order valence-corrected chi connectivity index (χ2v) is 17.0. The maximum atomic E-state index is 14.0. The molecule has 47 heavy (non-hydrogen) atoms. The van der Waals surface area contributed by atoms with Gasteiger partial charge in [-0.1, -0.05) is 29.8 Å². The molecule has 0 aromatic heterocycles. The molecule has 3 heterocycles. The summed E-state index contributed by atoms with van der Waals surface area (Å²) in [5.41, 5.74) is 3.40. The standard InChI is InChI=1S/C37H46ClNO7S/c1-44-35-8-2-7-32(40)29-12-9-26(29)20-39-22-37(15-3-5-24-17-27(38)11-13-30(24)37)23-46-34-14-10-25(18-31(34)39)33(41)21-47(42,43)36(35)19-28-6-4-16-45-28/h2,7,10-11,13-14,17-18,26,28-29,32,35-36,40H,3-6,8-9,12,15-16,19-23H2,1H3/b7-2+/t26-,28-,29+,32-,35-,36-,37-/m0/s1. The number of carbonyl (C=O) groups is 1. The number of ether oxygens (including phenoxy) is 3. The molecule has 0 unspecified atom stereocenters. The quantitative estimate of drug-likeness (QED) is 0.411. The molecular formula is C37H46ClNO7S. The first-order chi connectivity index (χ1) is 22.7. The highest BCUT2D eigenvalue weighted by Gasteiger charge is 2.45. The van der Waals surface area contributed by atoms with Crippen LogP contribution in [0.25, 0.3) is 0 Å². The first-order valence-corrected chi connectivity index (χ1v) is 19.3. The Kier molecular flexibility index (Phi) is 9.48. The van der Waals surface area contributed by atoms with Gasteiger partial charge in [0, 0.05) is 42.8 Å². The summed E-state index contributed by atoms with van der Waals surface area (Å²) < 4.78 is 46.3. The Hall–Kier alpha value is -2.43. The molecule has 7 rings (SSSR count). The van der Waals surface area contributed by atoms with E-state index in [9.17, 15) is 18.3 Å². The highest BCUT2D eigenvalue weighted by atomic mass is 35.5. The first-order valence-electron chi connectivity index (χ1n) is 17.2. The van der Waals surface area contributed by atoms with Crippen molar-refractivity contribution in [3.63, 3.8) is 0 Å². The van der Waals surface area contributed by atoms with E-state index in [4.69, 9.17) is 25.8 Å². The number of hydrogen-bond acceptors (Lipinski definition) is 8. The van der Waals surface area contributed by atoms with Gasteiger partial charge in [0.05, 0.1) is 35.9 Å². The number of rotatable bonds is 3. The van der Waals surface area contributed by atoms with Gasteiger partial charge in [-0.05, 0) is 111 Å². The van der Waals surface area contributed by atoms with Crippen molar-refractivity contribution in [1.82, 2.24) is 0 Å². The zero-order valence-electron chi connectivity index (χ0n) is 27.1. The molecule has 2 bridgehead atoms. The molecule has 1 N–H and O–H groups in total. The van der Waals surface area contributed by atoms with Crippen LogP contribution in [0.3, 0.4) is 0 Å². The number of aliphatic hydroxyl groups is 1. The minimum absolute atomic E-state index is 0.0809. The fraction of sp³-hybridized carbons (Fsp3) is 0.595. The first kappa shape index (κ1) is 33.1. The number of methoxy groups -OCH3 is 1. The number of ketones is 1. The van der Waals surface area contributed by atoms with Crippen LogP contribution >= 0.6 is 11.6 Å². The van der Waals surface area contributed by atoms with Gasteiger partial charge >= 0.3 is 0 Å². The monoisotopic (exact) mass is 683 g/mol. The lowest BCUT2D eigenvalue weighted by molar-refractivity contribution is 0.0447. The zero-order chi connectivity index (χ0) is 32.8. The number of halogens is 1. The summed E-state index contributed by atoms with van der Waals surface area (Å²) in [5.74, 6) is -0.0213. The smallest absolute Gasteiger partial charge is 0.177 e. The van der Waals surface area contributed by atoms with Crippen LogP contribution in [0.5, 0.6) is 5.75 Å². The molecule has 1 spiro atoms. The maximum absolute atomic E-state index is 14.0. The Balaban J connectivity index is 1.27. The van der Waals surface area contributed by atoms with Gasteiger partial charge in [-0.2, -0.15) is 0 Å². The van der Waals surface area contributed by atoms with Gasteiger partial charge in [0.1, 0.15) is 11.5 Å². The molecule has 1 saturated carbocycles. The fourth-order valence-electron chi connectivity index (χ4n) is 8.73. The molecule has 10 heteroatoms. The second kappa shape index (κ2) is 13.5. The van der Waals surface area contributed by atoms with Crippen LogP contribution in [0.1, 0.15) is 72.9 Å². The number of aliphatic hydroxyl groups excluding tert-OH is 1. The van der Waals surface area contributed by atoms with Gasteiger partial charge < -0.3 is 24.2 Å². The van der Waals surface area contributed by atoms with Crippen molar-refractivity contribution < 1.29 is 32.5 Å². The van der Waals surface area contributed by atoms with Crippen molar-refractivity contribution in [2.24, 2.45) is 11.8 Å². The van der Waals surface area contributed by atoms with Gasteiger partial charge in [0.2, 0.25) is 0 Å². The van der Waals surface area contributed by atoms with E-state index < -0.39 is 38.8 Å². The molecule has 2 aromatic carbocycles. The molecule has 8 nitrogen and oxygen atoms in total. The van der Waals surface area contributed by atoms with Crippen molar-refractivity contribution in [2.75, 3.05) is 44.1 Å². The van der Waals surface area contributed by atoms with Crippen molar-refractivity contribution in [3.05, 3.63) is 70.3 Å². The van der Waals surface area contributed by atoms with Crippen molar-refractivity contribution in [1.29, 1.82) is 0 Å². The number of Topliss-reactive ketones (excluding diaryl/α,β-unsaturated/α-hetero) is 1. The lowest BCUT2D eigenvalue weighted by Gasteiger charge is -2.45. The molecule has 2 fully saturated rings. The third kappa shape index (κ3) is 6.63. The molecule has 0 radical (unpaired) electrons. The summed E-state index contributed by atoms with van der Waals surface area (Å²) in [7, 11) is -2.41. The topological polar surface area (TPSA) is 102 Å². The minimum Gasteiger partial charge on any atom is -0.490 e. The predicted molar refractivity (Wildman–Crippen MR) is 182 cm³/mol. The van der Waals surface area contributed by atoms with E-state index in [0.29, 0.717) is 44.0 Å². The molecule has 254 valence electrons. The Bertz CT molecular complexity index is 1620. The number of carbonyl (C=O) groups excluding carboxylic acids is 1. The highest BCUT2D eigenvalue weighted by Crippen LogP contribution is 2.47. The summed E-state index contributed by atoms with van der Waals surface area (Å²) in [5, 5.41) is 11.2. The Morgan fingerprint density at radius 1 is 1.13 bits per heavy atom. The molecule has 5 aliphatic rings. The summed E-state index contributed by atoms with van der Waals surface area (Å²) in [6.45, 7) is 2.50. The fourth-order valence-corrected chi connectivity index (χ4v) is 10.9. The summed E-state index contributed by atoms with van der Waals surface area (Å²) >= 11 is 6.42. The maximum Gasteiger partial charge on any atom is 0.177 e. The largest absolute Gasteiger partial charge is 0.490 e. The molecule has 1 saturated heterocycles. The van der Waals surface area contributed by atoms with Crippen LogP contribution in [-0.4, -0.2) is 82.0 Å². The SMILES string of the molecule is CO[C@H]1C/C=C/[C@H](O)[C@@H]2CC[C@H]2CN2C[C@@]3(CCCc4cc(Cl)ccc43)COc3ccc(cc32)C(=O)CS(=O)(=O)[C@H]1C[C@@H]1CCCO1. The van der Waals surface area contributed by atoms with Gasteiger partial charge in [-0.3, -0.25) is 4.79 Å². The van der Waals surface area contributed by atoms with Crippen LogP contribution in [0, 0.1) is 11.8 Å². The number of benzene rings is 2. The molecule has 0 amide bonds. The lowest BCUT2D eigenvalue weighted by atomic mass is 9.68. The average molecular weight is 684 g/mol. The number of sulfone groups is 1. The van der Waals surface area contributed by atoms with Crippen molar-refractivity contribution in [3.8, 4) is 5.75 Å². The average Bonchev–Trinajstić information content (AvgIpc) is 3.50. The Morgan fingerprint density at radius 3 is 2.77 bits per heavy atom. The number of nitrogens with zero attached hydrogens (tertiary/aromatic N) is 1. The third-order valence-corrected chi connectivity index (χ3v) is 13.8. The molecular weight excluding hydrogens is 638 g/mol. The van der Waals surface area contributed by atoms with Crippen molar-refractivity contribution >= 4 is 32.9 Å². The lowest BCUT2D eigenvalue weighted by Crippen LogP contribution is -2.49. The molecule has 3 aliphatic heterocycles. The Labute approximate surface area is 283 Å². The third-order valence-electron chi connectivity index (χ3n) is 11.5. The summed E-state index contributed by atoms with van der Waals surface area (Å²) in [6.07, 6.45) is 9.32. The van der Waals surface area contributed by atoms with Crippen LogP contribution < -0.4 is 9.64 Å². The van der Waals surface area contributed by atoms with Gasteiger partial charge in [-0.15, -0.1) is 0 Å². The van der Waals surface area contributed by atoms with Gasteiger partial charge in [-0.25, -0.2) is 8.42 Å². The predicted octanol–water partition coefficient (Wildman–Crippen LogP) is 5.71. The van der Waals surface area contributed by atoms with E-state index in [-0.39, 0.29) is 29.8 Å². The summed E-state index contributed by atoms with van der Waals surface area (Å²) in [6, 6.07) is 11.5. The van der Waals surface area contributed by atoms with Crippen LogP contribution in [0.15, 0.2) is 48.6 Å². The van der Waals surface area contributed by atoms with E-state index in [1.54, 1.807) is 6.07 Å². The van der Waals surface area contributed by atoms with Crippen molar-refractivity contribution in [2.45, 2.75) is 86.8 Å². The number of anilines is 1. The molecule has 2 aliphatic carbocycles. The summed E-state index contributed by atoms with van der Waals surface area (Å²) in [4.78, 5) is 16.2. The number of hydrogen-bond donors (Lipinski definition) is 1. The van der Waals surface area contributed by atoms with E-state index in [0.717, 1.165) is 55.7 Å². The van der Waals surface area contributed by atoms with E-state index in [2.05, 4.69) is 17.0 Å². The Morgan fingerprint density at radius 2 is 2.00 bits per heavy atom. The van der Waals surface area contributed by atoms with E-state index in [1.165, 1.54) is 18.2 Å². The van der Waals surface area contributed by atoms with E-state index in [1.807, 2.05) is 30.4 Å². The van der Waals surface area contributed by atoms with Crippen LogP contribution in [-0.2, 0) is 31.1 Å². The van der Waals surface area contributed by atoms with Gasteiger partial charge in [0.15, 0.2) is 15.6 Å². The molecule has 2 aromatic rings. The minimum atomic E-state index is -3.93. The highest BCUT2D eigenvalue weighted by molar-refractivity contribution is 7.92. The number of aryl methyl sites for hydroxylation is 1.